The van der Waals surface area contributed by atoms with Crippen LogP contribution in [0.4, 0.5) is 4.79 Å². The van der Waals surface area contributed by atoms with E-state index in [4.69, 9.17) is 4.74 Å². The lowest BCUT2D eigenvalue weighted by Gasteiger charge is -2.32. The van der Waals surface area contributed by atoms with Crippen LogP contribution in [-0.2, 0) is 11.8 Å². The highest BCUT2D eigenvalue weighted by atomic mass is 16.6. The van der Waals surface area contributed by atoms with Crippen molar-refractivity contribution in [2.45, 2.75) is 39.2 Å². The van der Waals surface area contributed by atoms with Crippen LogP contribution in [-0.4, -0.2) is 45.0 Å². The van der Waals surface area contributed by atoms with Crippen molar-refractivity contribution in [1.82, 2.24) is 14.5 Å². The van der Waals surface area contributed by atoms with E-state index in [9.17, 15) is 9.59 Å². The van der Waals surface area contributed by atoms with E-state index in [1.807, 2.05) is 50.6 Å². The van der Waals surface area contributed by atoms with Gasteiger partial charge in [-0.3, -0.25) is 4.79 Å². The van der Waals surface area contributed by atoms with E-state index in [0.717, 1.165) is 11.0 Å². The summed E-state index contributed by atoms with van der Waals surface area (Å²) in [6.07, 6.45) is 2.78. The van der Waals surface area contributed by atoms with Gasteiger partial charge < -0.3 is 14.2 Å². The van der Waals surface area contributed by atoms with Crippen LogP contribution < -0.4 is 0 Å². The maximum Gasteiger partial charge on any atom is 0.410 e. The number of amides is 1. The summed E-state index contributed by atoms with van der Waals surface area (Å²) in [4.78, 5) is 30.9. The monoisotopic (exact) mass is 343 g/mol. The number of rotatable bonds is 2. The Bertz CT molecular complexity index is 796. The zero-order valence-corrected chi connectivity index (χ0v) is 15.3. The molecule has 0 unspecified atom stereocenters. The number of Topliss-reactive ketones (excluding diaryl/α,β-unsaturated/α-hetero) is 1. The van der Waals surface area contributed by atoms with E-state index in [0.29, 0.717) is 31.5 Å². The molecule has 1 amide bonds. The largest absolute Gasteiger partial charge is 0.444 e. The van der Waals surface area contributed by atoms with Crippen molar-refractivity contribution in [2.75, 3.05) is 13.1 Å². The Morgan fingerprint density at radius 2 is 1.88 bits per heavy atom. The Labute approximate surface area is 147 Å². The van der Waals surface area contributed by atoms with Gasteiger partial charge in [0.05, 0.1) is 17.4 Å². The van der Waals surface area contributed by atoms with Crippen molar-refractivity contribution in [3.63, 3.8) is 0 Å². The van der Waals surface area contributed by atoms with E-state index >= 15 is 0 Å². The summed E-state index contributed by atoms with van der Waals surface area (Å²) in [6.45, 7) is 6.67. The Balaban J connectivity index is 1.63. The molecule has 0 saturated carbocycles. The minimum Gasteiger partial charge on any atom is -0.444 e. The zero-order valence-electron chi connectivity index (χ0n) is 15.3. The molecule has 0 radical (unpaired) electrons. The molecule has 1 saturated heterocycles. The van der Waals surface area contributed by atoms with Gasteiger partial charge in [0, 0.05) is 31.6 Å². The first-order valence-corrected chi connectivity index (χ1v) is 8.68. The zero-order chi connectivity index (χ0) is 18.2. The SMILES string of the molecule is Cn1cnc2cc(C(=O)C3CCN(C(=O)OC(C)(C)C)CC3)ccc21. The number of ether oxygens (including phenoxy) is 1. The first-order chi connectivity index (χ1) is 11.7. The number of carbonyl (C=O) groups is 2. The van der Waals surface area contributed by atoms with E-state index in [1.165, 1.54) is 0 Å². The van der Waals surface area contributed by atoms with Crippen LogP contribution in [0.15, 0.2) is 24.5 Å². The van der Waals surface area contributed by atoms with Crippen LogP contribution in [0.2, 0.25) is 0 Å². The van der Waals surface area contributed by atoms with Crippen molar-refractivity contribution in [2.24, 2.45) is 13.0 Å². The summed E-state index contributed by atoms with van der Waals surface area (Å²) < 4.78 is 7.33. The van der Waals surface area contributed by atoms with Gasteiger partial charge in [0.1, 0.15) is 5.60 Å². The third-order valence-electron chi connectivity index (χ3n) is 4.53. The van der Waals surface area contributed by atoms with Gasteiger partial charge in [0.2, 0.25) is 0 Å². The van der Waals surface area contributed by atoms with Gasteiger partial charge in [-0.15, -0.1) is 0 Å². The van der Waals surface area contributed by atoms with Crippen molar-refractivity contribution in [1.29, 1.82) is 0 Å². The van der Waals surface area contributed by atoms with Crippen LogP contribution in [0.1, 0.15) is 44.0 Å². The second kappa shape index (κ2) is 6.50. The molecule has 1 fully saturated rings. The molecule has 2 heterocycles. The molecule has 1 aromatic carbocycles. The van der Waals surface area contributed by atoms with Crippen LogP contribution in [0.25, 0.3) is 11.0 Å². The van der Waals surface area contributed by atoms with E-state index in [2.05, 4.69) is 4.98 Å². The highest BCUT2D eigenvalue weighted by Gasteiger charge is 2.30. The second-order valence-corrected chi connectivity index (χ2v) is 7.66. The Hall–Kier alpha value is -2.37. The van der Waals surface area contributed by atoms with E-state index in [-0.39, 0.29) is 17.8 Å². The molecule has 0 bridgehead atoms. The van der Waals surface area contributed by atoms with Crippen molar-refractivity contribution < 1.29 is 14.3 Å². The lowest BCUT2D eigenvalue weighted by atomic mass is 9.89. The highest BCUT2D eigenvalue weighted by molar-refractivity contribution is 6.00. The van der Waals surface area contributed by atoms with Crippen molar-refractivity contribution in [3.8, 4) is 0 Å². The number of imidazole rings is 1. The smallest absolute Gasteiger partial charge is 0.410 e. The predicted molar refractivity (Wildman–Crippen MR) is 95.6 cm³/mol. The maximum atomic E-state index is 12.8. The fourth-order valence-corrected chi connectivity index (χ4v) is 3.18. The predicted octanol–water partition coefficient (Wildman–Crippen LogP) is 3.40. The molecule has 1 aromatic heterocycles. The third-order valence-corrected chi connectivity index (χ3v) is 4.53. The number of fused-ring (bicyclic) bond motifs is 1. The number of carbonyl (C=O) groups excluding carboxylic acids is 2. The number of hydrogen-bond acceptors (Lipinski definition) is 4. The molecule has 0 atom stereocenters. The maximum absolute atomic E-state index is 12.8. The molecule has 1 aliphatic heterocycles. The molecule has 0 N–H and O–H groups in total. The van der Waals surface area contributed by atoms with Crippen LogP contribution in [0, 0.1) is 5.92 Å². The number of likely N-dealkylation sites (tertiary alicyclic amines) is 1. The van der Waals surface area contributed by atoms with Gasteiger partial charge >= 0.3 is 6.09 Å². The lowest BCUT2D eigenvalue weighted by Crippen LogP contribution is -2.43. The fraction of sp³-hybridized carbons (Fsp3) is 0.526. The van der Waals surface area contributed by atoms with Gasteiger partial charge in [0.15, 0.2) is 5.78 Å². The average Bonchev–Trinajstić information content (AvgIpc) is 2.93. The molecule has 1 aliphatic rings. The Morgan fingerprint density at radius 1 is 1.20 bits per heavy atom. The molecular weight excluding hydrogens is 318 g/mol. The molecule has 25 heavy (non-hydrogen) atoms. The topological polar surface area (TPSA) is 64.4 Å². The number of hydrogen-bond donors (Lipinski definition) is 0. The van der Waals surface area contributed by atoms with E-state index in [1.54, 1.807) is 11.2 Å². The number of benzene rings is 1. The van der Waals surface area contributed by atoms with Crippen LogP contribution in [0.3, 0.4) is 0 Å². The summed E-state index contributed by atoms with van der Waals surface area (Å²) in [6, 6.07) is 5.66. The van der Waals surface area contributed by atoms with Gasteiger partial charge in [-0.25, -0.2) is 9.78 Å². The molecular formula is C19H25N3O3. The molecule has 2 aromatic rings. The summed E-state index contributed by atoms with van der Waals surface area (Å²) in [5, 5.41) is 0. The summed E-state index contributed by atoms with van der Waals surface area (Å²) in [5.41, 5.74) is 2.04. The average molecular weight is 343 g/mol. The molecule has 134 valence electrons. The number of aromatic nitrogens is 2. The summed E-state index contributed by atoms with van der Waals surface area (Å²) in [5.74, 6) is 0.0799. The minimum atomic E-state index is -0.498. The Morgan fingerprint density at radius 3 is 2.52 bits per heavy atom. The standard InChI is InChI=1S/C19H25N3O3/c1-19(2,3)25-18(24)22-9-7-13(8-10-22)17(23)14-5-6-16-15(11-14)20-12-21(16)4/h5-6,11-13H,7-10H2,1-4H3. The molecule has 6 heteroatoms. The van der Waals surface area contributed by atoms with E-state index < -0.39 is 5.60 Å². The number of piperidine rings is 1. The van der Waals surface area contributed by atoms with Crippen LogP contribution in [0.5, 0.6) is 0 Å². The van der Waals surface area contributed by atoms with Gasteiger partial charge in [0.25, 0.3) is 0 Å². The minimum absolute atomic E-state index is 0.0557. The molecule has 3 rings (SSSR count). The van der Waals surface area contributed by atoms with Crippen molar-refractivity contribution in [3.05, 3.63) is 30.1 Å². The quantitative estimate of drug-likeness (QED) is 0.784. The van der Waals surface area contributed by atoms with Crippen LogP contribution >= 0.6 is 0 Å². The van der Waals surface area contributed by atoms with Crippen molar-refractivity contribution >= 4 is 22.9 Å². The molecule has 0 aliphatic carbocycles. The second-order valence-electron chi connectivity index (χ2n) is 7.66. The summed E-state index contributed by atoms with van der Waals surface area (Å²) >= 11 is 0. The van der Waals surface area contributed by atoms with Gasteiger partial charge in [-0.2, -0.15) is 0 Å². The first-order valence-electron chi connectivity index (χ1n) is 8.68. The molecule has 0 spiro atoms. The molecule has 6 nitrogen and oxygen atoms in total. The normalized spacial score (nSPS) is 16.2. The van der Waals surface area contributed by atoms with Gasteiger partial charge in [-0.05, 0) is 51.8 Å². The Kier molecular flexibility index (Phi) is 4.54. The lowest BCUT2D eigenvalue weighted by molar-refractivity contribution is 0.0182. The number of nitrogens with zero attached hydrogens (tertiary/aromatic N) is 3. The van der Waals surface area contributed by atoms with Gasteiger partial charge in [-0.1, -0.05) is 0 Å². The fourth-order valence-electron chi connectivity index (χ4n) is 3.18. The first kappa shape index (κ1) is 17.5. The highest BCUT2D eigenvalue weighted by Crippen LogP contribution is 2.24. The third kappa shape index (κ3) is 3.83. The number of aryl methyl sites for hydroxylation is 1. The summed E-state index contributed by atoms with van der Waals surface area (Å²) in [7, 11) is 1.93. The number of ketones is 1.